The number of rotatable bonds is 3. The SMILES string of the molecule is Cc1ccc(/C=C2/NC(=O)N(Cc3ccccc3Cl)C2=O)cc1. The molecule has 1 aliphatic rings. The summed E-state index contributed by atoms with van der Waals surface area (Å²) in [6.45, 7) is 2.14. The Morgan fingerprint density at radius 3 is 2.48 bits per heavy atom. The molecule has 0 unspecified atom stereocenters. The van der Waals surface area contributed by atoms with Crippen LogP contribution in [-0.4, -0.2) is 16.8 Å². The Morgan fingerprint density at radius 1 is 1.09 bits per heavy atom. The summed E-state index contributed by atoms with van der Waals surface area (Å²) in [5.74, 6) is -0.351. The molecule has 0 bridgehead atoms. The van der Waals surface area contributed by atoms with Crippen molar-refractivity contribution >= 4 is 29.6 Å². The first-order chi connectivity index (χ1) is 11.0. The van der Waals surface area contributed by atoms with Crippen LogP contribution in [0.2, 0.25) is 5.02 Å². The summed E-state index contributed by atoms with van der Waals surface area (Å²) >= 11 is 6.09. The lowest BCUT2D eigenvalue weighted by atomic mass is 10.1. The lowest BCUT2D eigenvalue weighted by Crippen LogP contribution is -2.30. The zero-order valence-corrected chi connectivity index (χ0v) is 13.3. The second-order valence-corrected chi connectivity index (χ2v) is 5.79. The van der Waals surface area contributed by atoms with Gasteiger partial charge in [0.05, 0.1) is 6.54 Å². The van der Waals surface area contributed by atoms with Crippen molar-refractivity contribution in [3.8, 4) is 0 Å². The van der Waals surface area contributed by atoms with Crippen LogP contribution in [0.1, 0.15) is 16.7 Å². The van der Waals surface area contributed by atoms with Gasteiger partial charge in [0.25, 0.3) is 5.91 Å². The third-order valence-corrected chi connectivity index (χ3v) is 4.01. The van der Waals surface area contributed by atoms with E-state index in [1.165, 1.54) is 0 Å². The Morgan fingerprint density at radius 2 is 1.78 bits per heavy atom. The van der Waals surface area contributed by atoms with Crippen LogP contribution in [0.15, 0.2) is 54.2 Å². The van der Waals surface area contributed by atoms with Gasteiger partial charge in [-0.3, -0.25) is 9.69 Å². The van der Waals surface area contributed by atoms with Gasteiger partial charge in [-0.2, -0.15) is 0 Å². The molecular formula is C18H15ClN2O2. The van der Waals surface area contributed by atoms with Crippen molar-refractivity contribution in [3.05, 3.63) is 75.9 Å². The molecule has 2 aromatic carbocycles. The molecule has 2 aromatic rings. The largest absolute Gasteiger partial charge is 0.329 e. The van der Waals surface area contributed by atoms with Crippen LogP contribution in [0.4, 0.5) is 4.79 Å². The average molecular weight is 327 g/mol. The molecule has 5 heteroatoms. The molecule has 1 fully saturated rings. The summed E-state index contributed by atoms with van der Waals surface area (Å²) in [4.78, 5) is 25.7. The van der Waals surface area contributed by atoms with E-state index in [-0.39, 0.29) is 18.1 Å². The fourth-order valence-corrected chi connectivity index (χ4v) is 2.54. The Kier molecular flexibility index (Phi) is 4.17. The Bertz CT molecular complexity index is 797. The summed E-state index contributed by atoms with van der Waals surface area (Å²) < 4.78 is 0. The number of nitrogens with zero attached hydrogens (tertiary/aromatic N) is 1. The number of imide groups is 1. The zero-order chi connectivity index (χ0) is 16.4. The number of aryl methyl sites for hydroxylation is 1. The van der Waals surface area contributed by atoms with Crippen LogP contribution < -0.4 is 5.32 Å². The molecule has 1 saturated heterocycles. The monoisotopic (exact) mass is 326 g/mol. The van der Waals surface area contributed by atoms with Crippen molar-refractivity contribution in [2.24, 2.45) is 0 Å². The van der Waals surface area contributed by atoms with E-state index in [1.54, 1.807) is 24.3 Å². The molecule has 116 valence electrons. The van der Waals surface area contributed by atoms with Gasteiger partial charge < -0.3 is 5.32 Å². The summed E-state index contributed by atoms with van der Waals surface area (Å²) in [6.07, 6.45) is 1.67. The molecule has 4 nitrogen and oxygen atoms in total. The third-order valence-electron chi connectivity index (χ3n) is 3.64. The number of amides is 3. The Hall–Kier alpha value is -2.59. The van der Waals surface area contributed by atoms with Crippen LogP contribution in [0.25, 0.3) is 6.08 Å². The van der Waals surface area contributed by atoms with Crippen molar-refractivity contribution in [2.75, 3.05) is 0 Å². The minimum atomic E-state index is -0.437. The third kappa shape index (κ3) is 3.27. The molecule has 0 spiro atoms. The van der Waals surface area contributed by atoms with Crippen LogP contribution in [0, 0.1) is 6.92 Å². The fraction of sp³-hybridized carbons (Fsp3) is 0.111. The van der Waals surface area contributed by atoms with Gasteiger partial charge in [0.1, 0.15) is 5.70 Å². The van der Waals surface area contributed by atoms with E-state index in [0.717, 1.165) is 21.6 Å². The molecule has 0 saturated carbocycles. The smallest absolute Gasteiger partial charge is 0.303 e. The molecule has 1 heterocycles. The number of carbonyl (C=O) groups is 2. The second kappa shape index (κ2) is 6.26. The lowest BCUT2D eigenvalue weighted by molar-refractivity contribution is -0.123. The van der Waals surface area contributed by atoms with Crippen LogP contribution in [0.3, 0.4) is 0 Å². The molecule has 0 radical (unpaired) electrons. The maximum atomic E-state index is 12.4. The molecule has 23 heavy (non-hydrogen) atoms. The highest BCUT2D eigenvalue weighted by molar-refractivity contribution is 6.31. The van der Waals surface area contributed by atoms with Crippen LogP contribution in [-0.2, 0) is 11.3 Å². The van der Waals surface area contributed by atoms with Gasteiger partial charge in [-0.05, 0) is 30.2 Å². The number of hydrogen-bond acceptors (Lipinski definition) is 2. The molecule has 0 aliphatic carbocycles. The highest BCUT2D eigenvalue weighted by atomic mass is 35.5. The summed E-state index contributed by atoms with van der Waals surface area (Å²) in [5, 5.41) is 3.14. The highest BCUT2D eigenvalue weighted by Crippen LogP contribution is 2.21. The molecule has 1 N–H and O–H groups in total. The molecular weight excluding hydrogens is 312 g/mol. The Balaban J connectivity index is 1.82. The van der Waals surface area contributed by atoms with Gasteiger partial charge in [0, 0.05) is 5.02 Å². The minimum Gasteiger partial charge on any atom is -0.303 e. The highest BCUT2D eigenvalue weighted by Gasteiger charge is 2.33. The zero-order valence-electron chi connectivity index (χ0n) is 12.5. The van der Waals surface area contributed by atoms with E-state index in [4.69, 9.17) is 11.6 Å². The molecule has 3 rings (SSSR count). The van der Waals surface area contributed by atoms with Gasteiger partial charge >= 0.3 is 6.03 Å². The van der Waals surface area contributed by atoms with E-state index in [1.807, 2.05) is 37.3 Å². The maximum Gasteiger partial charge on any atom is 0.329 e. The topological polar surface area (TPSA) is 49.4 Å². The number of carbonyl (C=O) groups excluding carboxylic acids is 2. The lowest BCUT2D eigenvalue weighted by Gasteiger charge is -2.12. The molecule has 3 amide bonds. The first kappa shape index (κ1) is 15.3. The number of halogens is 1. The van der Waals surface area contributed by atoms with Crippen LogP contribution in [0.5, 0.6) is 0 Å². The summed E-state index contributed by atoms with van der Waals surface area (Å²) in [5.41, 5.74) is 2.99. The number of benzene rings is 2. The van der Waals surface area contributed by atoms with Crippen molar-refractivity contribution in [2.45, 2.75) is 13.5 Å². The minimum absolute atomic E-state index is 0.148. The van der Waals surface area contributed by atoms with E-state index in [0.29, 0.717) is 5.02 Å². The number of urea groups is 1. The molecule has 1 aliphatic heterocycles. The molecule has 0 atom stereocenters. The van der Waals surface area contributed by atoms with E-state index in [2.05, 4.69) is 5.32 Å². The van der Waals surface area contributed by atoms with Gasteiger partial charge in [-0.15, -0.1) is 0 Å². The van der Waals surface area contributed by atoms with Crippen molar-refractivity contribution < 1.29 is 9.59 Å². The normalized spacial score (nSPS) is 16.1. The summed E-state index contributed by atoms with van der Waals surface area (Å²) in [6, 6.07) is 14.4. The Labute approximate surface area is 139 Å². The standard InChI is InChI=1S/C18H15ClN2O2/c1-12-6-8-13(9-7-12)10-16-17(22)21(18(23)20-16)11-14-4-2-3-5-15(14)19/h2-10H,11H2,1H3,(H,20,23)/b16-10+. The number of nitrogens with one attached hydrogen (secondary N) is 1. The maximum absolute atomic E-state index is 12.4. The average Bonchev–Trinajstić information content (AvgIpc) is 2.79. The van der Waals surface area contributed by atoms with Gasteiger partial charge in [0.2, 0.25) is 0 Å². The molecule has 0 aromatic heterocycles. The first-order valence-corrected chi connectivity index (χ1v) is 7.57. The first-order valence-electron chi connectivity index (χ1n) is 7.19. The van der Waals surface area contributed by atoms with Crippen molar-refractivity contribution in [1.82, 2.24) is 10.2 Å². The number of hydrogen-bond donors (Lipinski definition) is 1. The second-order valence-electron chi connectivity index (χ2n) is 5.38. The predicted molar refractivity (Wildman–Crippen MR) is 89.7 cm³/mol. The van der Waals surface area contributed by atoms with E-state index >= 15 is 0 Å². The van der Waals surface area contributed by atoms with E-state index in [9.17, 15) is 9.59 Å². The predicted octanol–water partition coefficient (Wildman–Crippen LogP) is 3.74. The summed E-state index contributed by atoms with van der Waals surface area (Å²) in [7, 11) is 0. The van der Waals surface area contributed by atoms with Crippen molar-refractivity contribution in [3.63, 3.8) is 0 Å². The van der Waals surface area contributed by atoms with Gasteiger partial charge in [-0.25, -0.2) is 4.79 Å². The van der Waals surface area contributed by atoms with Crippen LogP contribution >= 0.6 is 11.6 Å². The van der Waals surface area contributed by atoms with Gasteiger partial charge in [0.15, 0.2) is 0 Å². The van der Waals surface area contributed by atoms with Crippen molar-refractivity contribution in [1.29, 1.82) is 0 Å². The fourth-order valence-electron chi connectivity index (χ4n) is 2.34. The van der Waals surface area contributed by atoms with Gasteiger partial charge in [-0.1, -0.05) is 59.6 Å². The quantitative estimate of drug-likeness (QED) is 0.690. The van der Waals surface area contributed by atoms with E-state index < -0.39 is 6.03 Å².